The Kier molecular flexibility index (Phi) is 7.02. The van der Waals surface area contributed by atoms with Crippen molar-refractivity contribution in [1.82, 2.24) is 4.90 Å². The summed E-state index contributed by atoms with van der Waals surface area (Å²) in [6.07, 6.45) is 0. The molecule has 0 atom stereocenters. The van der Waals surface area contributed by atoms with E-state index >= 15 is 0 Å². The first-order valence-corrected chi connectivity index (χ1v) is 11.2. The Morgan fingerprint density at radius 3 is 2.57 bits per heavy atom. The summed E-state index contributed by atoms with van der Waals surface area (Å²) < 4.78 is 0.851. The van der Waals surface area contributed by atoms with E-state index in [2.05, 4.69) is 26.6 Å². The number of hydrogen-bond donors (Lipinski definition) is 2. The molecule has 2 aromatic carbocycles. The molecule has 1 saturated heterocycles. The highest BCUT2D eigenvalue weighted by molar-refractivity contribution is 9.10. The second-order valence-corrected chi connectivity index (χ2v) is 8.85. The fourth-order valence-electron chi connectivity index (χ4n) is 3.09. The molecule has 0 aliphatic carbocycles. The lowest BCUT2D eigenvalue weighted by Crippen LogP contribution is -2.38. The first-order chi connectivity index (χ1) is 13.5. The molecular formula is C21H24BrN3O2S. The number of halogens is 1. The number of amides is 2. The van der Waals surface area contributed by atoms with Crippen LogP contribution in [0.5, 0.6) is 0 Å². The molecular weight excluding hydrogens is 438 g/mol. The molecule has 1 aliphatic rings. The van der Waals surface area contributed by atoms with Crippen molar-refractivity contribution in [2.45, 2.75) is 13.8 Å². The normalized spacial score (nSPS) is 13.9. The molecule has 2 N–H and O–H groups in total. The number of hydrogen-bond acceptors (Lipinski definition) is 4. The average molecular weight is 462 g/mol. The topological polar surface area (TPSA) is 61.4 Å². The van der Waals surface area contributed by atoms with Crippen LogP contribution in [-0.2, 0) is 4.79 Å². The van der Waals surface area contributed by atoms with E-state index in [1.54, 1.807) is 0 Å². The van der Waals surface area contributed by atoms with Crippen molar-refractivity contribution < 1.29 is 9.59 Å². The van der Waals surface area contributed by atoms with Gasteiger partial charge in [-0.25, -0.2) is 0 Å². The monoisotopic (exact) mass is 461 g/mol. The summed E-state index contributed by atoms with van der Waals surface area (Å²) in [6, 6.07) is 11.4. The van der Waals surface area contributed by atoms with Crippen molar-refractivity contribution >= 4 is 50.9 Å². The van der Waals surface area contributed by atoms with Crippen LogP contribution in [0.3, 0.4) is 0 Å². The quantitative estimate of drug-likeness (QED) is 0.696. The molecule has 1 aliphatic heterocycles. The van der Waals surface area contributed by atoms with E-state index in [-0.39, 0.29) is 18.4 Å². The zero-order valence-electron chi connectivity index (χ0n) is 16.0. The zero-order chi connectivity index (χ0) is 20.1. The highest BCUT2D eigenvalue weighted by Gasteiger charge is 2.20. The smallest absolute Gasteiger partial charge is 0.254 e. The highest BCUT2D eigenvalue weighted by Crippen LogP contribution is 2.24. The maximum atomic E-state index is 12.8. The van der Waals surface area contributed by atoms with E-state index in [1.165, 1.54) is 0 Å². The molecule has 7 heteroatoms. The van der Waals surface area contributed by atoms with Crippen LogP contribution in [0.15, 0.2) is 40.9 Å². The van der Waals surface area contributed by atoms with Gasteiger partial charge >= 0.3 is 0 Å². The Morgan fingerprint density at radius 1 is 1.11 bits per heavy atom. The summed E-state index contributed by atoms with van der Waals surface area (Å²) in [5.41, 5.74) is 4.22. The summed E-state index contributed by atoms with van der Waals surface area (Å²) in [7, 11) is 0. The summed E-state index contributed by atoms with van der Waals surface area (Å²) in [4.78, 5) is 27.1. The van der Waals surface area contributed by atoms with Gasteiger partial charge in [-0.05, 0) is 65.2 Å². The average Bonchev–Trinajstić information content (AvgIpc) is 2.69. The molecule has 0 spiro atoms. The van der Waals surface area contributed by atoms with Gasteiger partial charge < -0.3 is 15.5 Å². The number of aryl methyl sites for hydroxylation is 1. The predicted molar refractivity (Wildman–Crippen MR) is 120 cm³/mol. The number of carbonyl (C=O) groups excluding carboxylic acids is 2. The maximum absolute atomic E-state index is 12.8. The minimum Gasteiger partial charge on any atom is -0.376 e. The van der Waals surface area contributed by atoms with Crippen molar-refractivity contribution in [1.29, 1.82) is 0 Å². The lowest BCUT2D eigenvalue weighted by molar-refractivity contribution is -0.114. The Bertz CT molecular complexity index is 882. The minimum absolute atomic E-state index is 0.0643. The third-order valence-corrected chi connectivity index (χ3v) is 6.30. The van der Waals surface area contributed by atoms with Gasteiger partial charge in [0, 0.05) is 40.3 Å². The molecule has 28 heavy (non-hydrogen) atoms. The fourth-order valence-corrected chi connectivity index (χ4v) is 4.58. The Labute approximate surface area is 178 Å². The Balaban J connectivity index is 1.64. The van der Waals surface area contributed by atoms with Crippen molar-refractivity contribution in [3.63, 3.8) is 0 Å². The third kappa shape index (κ3) is 5.08. The molecule has 148 valence electrons. The van der Waals surface area contributed by atoms with Crippen LogP contribution >= 0.6 is 27.7 Å². The summed E-state index contributed by atoms with van der Waals surface area (Å²) in [6.45, 7) is 5.61. The van der Waals surface area contributed by atoms with Gasteiger partial charge in [0.25, 0.3) is 5.91 Å². The molecule has 2 amide bonds. The van der Waals surface area contributed by atoms with Gasteiger partial charge in [-0.1, -0.05) is 12.1 Å². The zero-order valence-corrected chi connectivity index (χ0v) is 18.5. The number of thioether (sulfide) groups is 1. The van der Waals surface area contributed by atoms with Crippen LogP contribution in [0, 0.1) is 13.8 Å². The Morgan fingerprint density at radius 2 is 1.86 bits per heavy atom. The lowest BCUT2D eigenvalue weighted by Gasteiger charge is -2.27. The maximum Gasteiger partial charge on any atom is 0.254 e. The molecule has 5 nitrogen and oxygen atoms in total. The van der Waals surface area contributed by atoms with Gasteiger partial charge in [0.2, 0.25) is 5.91 Å². The summed E-state index contributed by atoms with van der Waals surface area (Å²) >= 11 is 5.35. The van der Waals surface area contributed by atoms with E-state index in [9.17, 15) is 9.59 Å². The minimum atomic E-state index is -0.145. The van der Waals surface area contributed by atoms with Gasteiger partial charge in [-0.15, -0.1) is 0 Å². The molecule has 0 radical (unpaired) electrons. The second-order valence-electron chi connectivity index (χ2n) is 6.77. The number of anilines is 2. The predicted octanol–water partition coefficient (Wildman–Crippen LogP) is 4.31. The molecule has 0 aromatic heterocycles. The van der Waals surface area contributed by atoms with E-state index in [1.807, 2.05) is 66.9 Å². The number of carbonyl (C=O) groups is 2. The summed E-state index contributed by atoms with van der Waals surface area (Å²) in [5, 5.41) is 6.05. The van der Waals surface area contributed by atoms with Gasteiger partial charge in [0.15, 0.2) is 0 Å². The summed E-state index contributed by atoms with van der Waals surface area (Å²) in [5.74, 6) is 1.89. The largest absolute Gasteiger partial charge is 0.376 e. The van der Waals surface area contributed by atoms with E-state index in [0.29, 0.717) is 5.56 Å². The third-order valence-electron chi connectivity index (χ3n) is 4.70. The number of rotatable bonds is 5. The number of nitrogens with one attached hydrogen (secondary N) is 2. The van der Waals surface area contributed by atoms with Crippen molar-refractivity contribution in [2.24, 2.45) is 0 Å². The van der Waals surface area contributed by atoms with Gasteiger partial charge in [-0.3, -0.25) is 9.59 Å². The van der Waals surface area contributed by atoms with Crippen LogP contribution in [0.1, 0.15) is 21.5 Å². The van der Waals surface area contributed by atoms with E-state index in [4.69, 9.17) is 0 Å². The first-order valence-electron chi connectivity index (χ1n) is 9.22. The van der Waals surface area contributed by atoms with Crippen LogP contribution in [-0.4, -0.2) is 47.9 Å². The highest BCUT2D eigenvalue weighted by atomic mass is 79.9. The molecule has 2 aromatic rings. The molecule has 0 unspecified atom stereocenters. The van der Waals surface area contributed by atoms with Gasteiger partial charge in [0.1, 0.15) is 0 Å². The second kappa shape index (κ2) is 9.47. The molecule has 0 saturated carbocycles. The lowest BCUT2D eigenvalue weighted by atomic mass is 10.1. The molecule has 1 heterocycles. The van der Waals surface area contributed by atoms with E-state index < -0.39 is 0 Å². The van der Waals surface area contributed by atoms with E-state index in [0.717, 1.165) is 51.6 Å². The number of benzene rings is 2. The van der Waals surface area contributed by atoms with Crippen molar-refractivity contribution in [2.75, 3.05) is 41.8 Å². The van der Waals surface area contributed by atoms with Crippen LogP contribution in [0.2, 0.25) is 0 Å². The van der Waals surface area contributed by atoms with Crippen LogP contribution in [0.4, 0.5) is 11.4 Å². The SMILES string of the molecule is Cc1ccc(NC(=O)CNc2cccc(C(=O)N3CCSCC3)c2C)c(Br)c1. The van der Waals surface area contributed by atoms with Crippen molar-refractivity contribution in [3.8, 4) is 0 Å². The fraction of sp³-hybridized carbons (Fsp3) is 0.333. The standard InChI is InChI=1S/C21H24BrN3O2S/c1-14-6-7-19(17(22)12-14)24-20(26)13-23-18-5-3-4-16(15(18)2)21(27)25-8-10-28-11-9-25/h3-7,12,23H,8-11,13H2,1-2H3,(H,24,26). The van der Waals surface area contributed by atoms with Gasteiger partial charge in [0.05, 0.1) is 12.2 Å². The van der Waals surface area contributed by atoms with Gasteiger partial charge in [-0.2, -0.15) is 11.8 Å². The van der Waals surface area contributed by atoms with Crippen LogP contribution < -0.4 is 10.6 Å². The van der Waals surface area contributed by atoms with Crippen molar-refractivity contribution in [3.05, 3.63) is 57.6 Å². The van der Waals surface area contributed by atoms with Crippen LogP contribution in [0.25, 0.3) is 0 Å². The number of nitrogens with zero attached hydrogens (tertiary/aromatic N) is 1. The first kappa shape index (κ1) is 20.7. The molecule has 1 fully saturated rings. The molecule has 3 rings (SSSR count). The Hall–Kier alpha value is -1.99. The molecule has 0 bridgehead atoms.